The highest BCUT2D eigenvalue weighted by Crippen LogP contribution is 2.23. The predicted octanol–water partition coefficient (Wildman–Crippen LogP) is 0.924. The van der Waals surface area contributed by atoms with E-state index in [1.54, 1.807) is 14.0 Å². The van der Waals surface area contributed by atoms with Gasteiger partial charge in [-0.15, -0.1) is 0 Å². The average Bonchev–Trinajstić information content (AvgIpc) is 2.87. The summed E-state index contributed by atoms with van der Waals surface area (Å²) >= 11 is 0. The molecule has 2 N–H and O–H groups in total. The second-order valence-electron chi connectivity index (χ2n) is 4.51. The number of carbonyl (C=O) groups excluding carboxylic acids is 1. The van der Waals surface area contributed by atoms with E-state index in [2.05, 4.69) is 10.2 Å². The van der Waals surface area contributed by atoms with Crippen LogP contribution in [0.1, 0.15) is 17.4 Å². The minimum atomic E-state index is -0.527. The molecular formula is C12H14N4O4. The molecule has 8 nitrogen and oxygen atoms in total. The van der Waals surface area contributed by atoms with Crippen molar-refractivity contribution in [2.24, 2.45) is 0 Å². The number of nitrogens with zero attached hydrogens (tertiary/aromatic N) is 3. The number of nitrogens with one attached hydrogen (secondary N) is 1. The molecule has 0 spiro atoms. The number of nitro benzene ring substituents is 1. The van der Waals surface area contributed by atoms with Crippen molar-refractivity contribution in [3.8, 4) is 0 Å². The molecule has 106 valence electrons. The van der Waals surface area contributed by atoms with E-state index in [0.29, 0.717) is 10.9 Å². The number of non-ortho nitro benzene ring substituents is 1. The van der Waals surface area contributed by atoms with E-state index in [1.807, 2.05) is 0 Å². The highest BCUT2D eigenvalue weighted by atomic mass is 16.6. The Morgan fingerprint density at radius 3 is 2.90 bits per heavy atom. The molecule has 1 atom stereocenters. The highest BCUT2D eigenvalue weighted by molar-refractivity contribution is 6.05. The minimum absolute atomic E-state index is 0.103. The zero-order valence-electron chi connectivity index (χ0n) is 11.0. The summed E-state index contributed by atoms with van der Waals surface area (Å²) in [5, 5.41) is 26.8. The summed E-state index contributed by atoms with van der Waals surface area (Å²) < 4.78 is 0. The number of hydrogen-bond donors (Lipinski definition) is 2. The highest BCUT2D eigenvalue weighted by Gasteiger charge is 2.22. The second kappa shape index (κ2) is 5.25. The monoisotopic (exact) mass is 278 g/mol. The van der Waals surface area contributed by atoms with Crippen molar-refractivity contribution in [2.45, 2.75) is 13.0 Å². The zero-order valence-corrected chi connectivity index (χ0v) is 11.0. The van der Waals surface area contributed by atoms with Crippen LogP contribution in [0.2, 0.25) is 0 Å². The van der Waals surface area contributed by atoms with Crippen LogP contribution in [0.4, 0.5) is 5.69 Å². The van der Waals surface area contributed by atoms with Crippen molar-refractivity contribution in [2.75, 3.05) is 13.7 Å². The van der Waals surface area contributed by atoms with Gasteiger partial charge in [0.1, 0.15) is 0 Å². The van der Waals surface area contributed by atoms with Crippen molar-refractivity contribution in [1.29, 1.82) is 0 Å². The van der Waals surface area contributed by atoms with E-state index in [1.165, 1.54) is 23.1 Å². The number of H-pyrrole nitrogens is 1. The number of hydrogen-bond acceptors (Lipinski definition) is 5. The van der Waals surface area contributed by atoms with Gasteiger partial charge < -0.3 is 10.0 Å². The third-order valence-electron chi connectivity index (χ3n) is 3.21. The molecule has 2 aromatic rings. The predicted molar refractivity (Wildman–Crippen MR) is 71.4 cm³/mol. The fourth-order valence-electron chi connectivity index (χ4n) is 1.77. The Morgan fingerprint density at radius 1 is 1.60 bits per heavy atom. The molecule has 1 aromatic carbocycles. The molecule has 0 fully saturated rings. The molecular weight excluding hydrogens is 264 g/mol. The molecule has 1 aromatic heterocycles. The second-order valence-corrected chi connectivity index (χ2v) is 4.51. The molecule has 1 heterocycles. The number of rotatable bonds is 4. The fraction of sp³-hybridized carbons (Fsp3) is 0.333. The minimum Gasteiger partial charge on any atom is -0.394 e. The van der Waals surface area contributed by atoms with Gasteiger partial charge in [0.05, 0.1) is 23.1 Å². The van der Waals surface area contributed by atoms with Crippen molar-refractivity contribution in [1.82, 2.24) is 15.1 Å². The van der Waals surface area contributed by atoms with Crippen LogP contribution in [0.5, 0.6) is 0 Å². The number of likely N-dealkylation sites (N-methyl/N-ethyl adjacent to an activating group) is 1. The summed E-state index contributed by atoms with van der Waals surface area (Å²) in [4.78, 5) is 23.9. The number of nitro groups is 1. The van der Waals surface area contributed by atoms with Crippen LogP contribution in [-0.4, -0.2) is 50.7 Å². The average molecular weight is 278 g/mol. The number of aromatic amines is 1. The lowest BCUT2D eigenvalue weighted by molar-refractivity contribution is -0.384. The Kier molecular flexibility index (Phi) is 3.66. The van der Waals surface area contributed by atoms with E-state index in [9.17, 15) is 14.9 Å². The number of fused-ring (bicyclic) bond motifs is 1. The molecule has 8 heteroatoms. The topological polar surface area (TPSA) is 112 Å². The van der Waals surface area contributed by atoms with Gasteiger partial charge >= 0.3 is 0 Å². The first-order chi connectivity index (χ1) is 9.45. The molecule has 0 bridgehead atoms. The first-order valence-electron chi connectivity index (χ1n) is 5.96. The van der Waals surface area contributed by atoms with Gasteiger partial charge in [0.15, 0.2) is 5.69 Å². The van der Waals surface area contributed by atoms with Crippen LogP contribution >= 0.6 is 0 Å². The lowest BCUT2D eigenvalue weighted by Crippen LogP contribution is -2.37. The first kappa shape index (κ1) is 13.9. The van der Waals surface area contributed by atoms with Crippen LogP contribution in [0, 0.1) is 10.1 Å². The van der Waals surface area contributed by atoms with E-state index in [-0.39, 0.29) is 24.0 Å². The summed E-state index contributed by atoms with van der Waals surface area (Å²) in [6.07, 6.45) is 0. The normalized spacial score (nSPS) is 12.3. The van der Waals surface area contributed by atoms with Gasteiger partial charge in [-0.05, 0) is 13.0 Å². The summed E-state index contributed by atoms with van der Waals surface area (Å²) in [6.45, 7) is 1.51. The smallest absolute Gasteiger partial charge is 0.275 e. The number of aliphatic hydroxyl groups excluding tert-OH is 1. The van der Waals surface area contributed by atoms with E-state index in [0.717, 1.165) is 0 Å². The zero-order chi connectivity index (χ0) is 14.9. The van der Waals surface area contributed by atoms with Gasteiger partial charge in [0, 0.05) is 24.6 Å². The van der Waals surface area contributed by atoms with Crippen molar-refractivity contribution in [3.05, 3.63) is 34.0 Å². The van der Waals surface area contributed by atoms with Crippen LogP contribution in [0.25, 0.3) is 10.9 Å². The maximum Gasteiger partial charge on any atom is 0.275 e. The van der Waals surface area contributed by atoms with Gasteiger partial charge in [-0.3, -0.25) is 20.0 Å². The van der Waals surface area contributed by atoms with Gasteiger partial charge in [-0.1, -0.05) is 0 Å². The van der Waals surface area contributed by atoms with Gasteiger partial charge in [-0.25, -0.2) is 0 Å². The van der Waals surface area contributed by atoms with Gasteiger partial charge in [0.2, 0.25) is 0 Å². The molecule has 20 heavy (non-hydrogen) atoms. The molecule has 0 aliphatic heterocycles. The summed E-state index contributed by atoms with van der Waals surface area (Å²) in [5.41, 5.74) is 0.543. The van der Waals surface area contributed by atoms with Crippen molar-refractivity contribution in [3.63, 3.8) is 0 Å². The van der Waals surface area contributed by atoms with E-state index < -0.39 is 10.8 Å². The lowest BCUT2D eigenvalue weighted by Gasteiger charge is -2.22. The SMILES string of the molecule is CC(CO)N(C)C(=O)c1n[nH]c2ccc([N+](=O)[O-])cc12. The molecule has 0 radical (unpaired) electrons. The number of aliphatic hydroxyl groups is 1. The van der Waals surface area contributed by atoms with Crippen molar-refractivity contribution >= 4 is 22.5 Å². The van der Waals surface area contributed by atoms with Crippen molar-refractivity contribution < 1.29 is 14.8 Å². The van der Waals surface area contributed by atoms with Crippen LogP contribution in [0.15, 0.2) is 18.2 Å². The standard InChI is InChI=1S/C12H14N4O4/c1-7(6-17)15(2)12(18)11-9-5-8(16(19)20)3-4-10(9)13-14-11/h3-5,7,17H,6H2,1-2H3,(H,13,14). The Morgan fingerprint density at radius 2 is 2.30 bits per heavy atom. The third-order valence-corrected chi connectivity index (χ3v) is 3.21. The summed E-state index contributed by atoms with van der Waals surface area (Å²) in [5.74, 6) is -0.404. The number of amides is 1. The lowest BCUT2D eigenvalue weighted by atomic mass is 10.1. The molecule has 1 unspecified atom stereocenters. The number of carbonyl (C=O) groups is 1. The molecule has 0 saturated heterocycles. The molecule has 0 saturated carbocycles. The first-order valence-corrected chi connectivity index (χ1v) is 5.96. The molecule has 0 aliphatic rings. The van der Waals surface area contributed by atoms with Gasteiger partial charge in [-0.2, -0.15) is 5.10 Å². The molecule has 2 rings (SSSR count). The summed E-state index contributed by atoms with van der Waals surface area (Å²) in [6, 6.07) is 3.79. The molecule has 1 amide bonds. The third kappa shape index (κ3) is 2.32. The molecule has 0 aliphatic carbocycles. The van der Waals surface area contributed by atoms with Crippen LogP contribution in [0.3, 0.4) is 0 Å². The summed E-state index contributed by atoms with van der Waals surface area (Å²) in [7, 11) is 1.54. The van der Waals surface area contributed by atoms with Gasteiger partial charge in [0.25, 0.3) is 11.6 Å². The maximum atomic E-state index is 12.3. The Bertz CT molecular complexity index is 667. The van der Waals surface area contributed by atoms with Crippen LogP contribution in [-0.2, 0) is 0 Å². The number of aromatic nitrogens is 2. The van der Waals surface area contributed by atoms with E-state index in [4.69, 9.17) is 5.11 Å². The Labute approximate surface area is 114 Å². The quantitative estimate of drug-likeness (QED) is 0.638. The Balaban J connectivity index is 2.46. The van der Waals surface area contributed by atoms with E-state index >= 15 is 0 Å². The largest absolute Gasteiger partial charge is 0.394 e. The Hall–Kier alpha value is -2.48. The fourth-order valence-corrected chi connectivity index (χ4v) is 1.77. The number of benzene rings is 1. The maximum absolute atomic E-state index is 12.3. The van der Waals surface area contributed by atoms with Crippen LogP contribution < -0.4 is 0 Å².